The molecule has 0 aromatic rings. The fourth-order valence-electron chi connectivity index (χ4n) is 0.797. The number of rotatable bonds is 2. The molecule has 0 aromatic carbocycles. The SMILES string of the molecule is C/C=C/C(C)=C\C(C)=C(C)C. The van der Waals surface area contributed by atoms with Crippen molar-refractivity contribution >= 4 is 0 Å². The lowest BCUT2D eigenvalue weighted by atomic mass is 10.1. The molecule has 0 spiro atoms. The fourth-order valence-corrected chi connectivity index (χ4v) is 0.797. The maximum atomic E-state index is 2.20. The molecule has 0 rings (SSSR count). The molecule has 0 radical (unpaired) electrons. The molecule has 0 saturated carbocycles. The quantitative estimate of drug-likeness (QED) is 0.524. The van der Waals surface area contributed by atoms with Gasteiger partial charge in [-0.05, 0) is 34.6 Å². The van der Waals surface area contributed by atoms with Crippen LogP contribution in [0.1, 0.15) is 34.6 Å². The second kappa shape index (κ2) is 4.95. The lowest BCUT2D eigenvalue weighted by molar-refractivity contribution is 1.28. The van der Waals surface area contributed by atoms with Gasteiger partial charge in [0.1, 0.15) is 0 Å². The molecular weight excluding hydrogens is 132 g/mol. The Kier molecular flexibility index (Phi) is 4.60. The molecule has 0 heterocycles. The summed E-state index contributed by atoms with van der Waals surface area (Å²) in [4.78, 5) is 0. The smallest absolute Gasteiger partial charge is 0.0398 e. The highest BCUT2D eigenvalue weighted by Gasteiger charge is 1.86. The molecular formula is C11H18. The zero-order valence-electron chi connectivity index (χ0n) is 8.23. The summed E-state index contributed by atoms with van der Waals surface area (Å²) < 4.78 is 0. The summed E-state index contributed by atoms with van der Waals surface area (Å²) in [5.41, 5.74) is 4.06. The molecule has 0 N–H and O–H groups in total. The van der Waals surface area contributed by atoms with Gasteiger partial charge < -0.3 is 0 Å². The largest absolute Gasteiger partial charge is 0.0874 e. The Morgan fingerprint density at radius 2 is 1.55 bits per heavy atom. The first-order valence-electron chi connectivity index (χ1n) is 4.03. The van der Waals surface area contributed by atoms with Crippen LogP contribution in [0.4, 0.5) is 0 Å². The van der Waals surface area contributed by atoms with E-state index >= 15 is 0 Å². The standard InChI is InChI=1S/C11H18/c1-6-7-10(4)8-11(5)9(2)3/h6-8H,1-5H3/b7-6+,10-8-. The van der Waals surface area contributed by atoms with E-state index in [1.54, 1.807) is 0 Å². The van der Waals surface area contributed by atoms with Gasteiger partial charge in [0.25, 0.3) is 0 Å². The predicted molar refractivity (Wildman–Crippen MR) is 52.6 cm³/mol. The molecule has 0 aliphatic heterocycles. The van der Waals surface area contributed by atoms with E-state index < -0.39 is 0 Å². The summed E-state index contributed by atoms with van der Waals surface area (Å²) in [5.74, 6) is 0. The third-order valence-electron chi connectivity index (χ3n) is 1.66. The first kappa shape index (κ1) is 10.2. The van der Waals surface area contributed by atoms with E-state index in [0.717, 1.165) is 0 Å². The molecule has 62 valence electrons. The monoisotopic (exact) mass is 150 g/mol. The van der Waals surface area contributed by atoms with Gasteiger partial charge >= 0.3 is 0 Å². The highest BCUT2D eigenvalue weighted by molar-refractivity contribution is 5.29. The third kappa shape index (κ3) is 4.60. The van der Waals surface area contributed by atoms with Crippen molar-refractivity contribution in [2.24, 2.45) is 0 Å². The maximum absolute atomic E-state index is 2.20. The van der Waals surface area contributed by atoms with E-state index in [1.807, 2.05) is 6.92 Å². The molecule has 0 saturated heterocycles. The highest BCUT2D eigenvalue weighted by atomic mass is 13.9. The first-order chi connectivity index (χ1) is 5.07. The summed E-state index contributed by atoms with van der Waals surface area (Å²) in [6.45, 7) is 10.6. The molecule has 11 heavy (non-hydrogen) atoms. The third-order valence-corrected chi connectivity index (χ3v) is 1.66. The molecule has 0 heteroatoms. The average Bonchev–Trinajstić information content (AvgIpc) is 1.87. The van der Waals surface area contributed by atoms with Gasteiger partial charge in [0.2, 0.25) is 0 Å². The van der Waals surface area contributed by atoms with Crippen molar-refractivity contribution in [2.45, 2.75) is 34.6 Å². The molecule has 0 fully saturated rings. The topological polar surface area (TPSA) is 0 Å². The van der Waals surface area contributed by atoms with Crippen LogP contribution in [0, 0.1) is 0 Å². The molecule has 0 aliphatic carbocycles. The maximum Gasteiger partial charge on any atom is -0.0398 e. The van der Waals surface area contributed by atoms with E-state index in [1.165, 1.54) is 16.7 Å². The van der Waals surface area contributed by atoms with Crippen molar-refractivity contribution in [3.05, 3.63) is 34.9 Å². The molecule has 0 amide bonds. The van der Waals surface area contributed by atoms with Gasteiger partial charge in [0.15, 0.2) is 0 Å². The minimum absolute atomic E-state index is 1.31. The summed E-state index contributed by atoms with van der Waals surface area (Å²) in [5, 5.41) is 0. The Balaban J connectivity index is 4.44. The second-order valence-electron chi connectivity index (χ2n) is 3.07. The van der Waals surface area contributed by atoms with E-state index in [4.69, 9.17) is 0 Å². The number of allylic oxidation sites excluding steroid dienone is 6. The number of hydrogen-bond acceptors (Lipinski definition) is 0. The summed E-state index contributed by atoms with van der Waals surface area (Å²) >= 11 is 0. The summed E-state index contributed by atoms with van der Waals surface area (Å²) in [6, 6.07) is 0. The van der Waals surface area contributed by atoms with Crippen LogP contribution in [0.3, 0.4) is 0 Å². The minimum atomic E-state index is 1.31. The van der Waals surface area contributed by atoms with Gasteiger partial charge in [-0.25, -0.2) is 0 Å². The minimum Gasteiger partial charge on any atom is -0.0874 e. The lowest BCUT2D eigenvalue weighted by Crippen LogP contribution is -1.76. The Morgan fingerprint density at radius 1 is 1.00 bits per heavy atom. The van der Waals surface area contributed by atoms with Gasteiger partial charge in [0, 0.05) is 0 Å². The van der Waals surface area contributed by atoms with Gasteiger partial charge in [-0.2, -0.15) is 0 Å². The molecule has 0 bridgehead atoms. The van der Waals surface area contributed by atoms with Crippen molar-refractivity contribution in [1.29, 1.82) is 0 Å². The van der Waals surface area contributed by atoms with Gasteiger partial charge in [0.05, 0.1) is 0 Å². The van der Waals surface area contributed by atoms with Crippen molar-refractivity contribution in [1.82, 2.24) is 0 Å². The van der Waals surface area contributed by atoms with Crippen LogP contribution in [-0.2, 0) is 0 Å². The summed E-state index contributed by atoms with van der Waals surface area (Å²) in [7, 11) is 0. The Labute approximate surface area is 70.3 Å². The van der Waals surface area contributed by atoms with Crippen LogP contribution >= 0.6 is 0 Å². The van der Waals surface area contributed by atoms with Gasteiger partial charge in [-0.15, -0.1) is 0 Å². The Morgan fingerprint density at radius 3 is 1.91 bits per heavy atom. The lowest BCUT2D eigenvalue weighted by Gasteiger charge is -1.96. The average molecular weight is 150 g/mol. The molecule has 0 unspecified atom stereocenters. The van der Waals surface area contributed by atoms with Crippen molar-refractivity contribution in [2.75, 3.05) is 0 Å². The Bertz CT molecular complexity index is 198. The Hall–Kier alpha value is -0.780. The van der Waals surface area contributed by atoms with E-state index in [9.17, 15) is 0 Å². The summed E-state index contributed by atoms with van der Waals surface area (Å²) in [6.07, 6.45) is 6.38. The van der Waals surface area contributed by atoms with Gasteiger partial charge in [-0.3, -0.25) is 0 Å². The molecule has 0 atom stereocenters. The first-order valence-corrected chi connectivity index (χ1v) is 4.03. The van der Waals surface area contributed by atoms with Crippen molar-refractivity contribution < 1.29 is 0 Å². The van der Waals surface area contributed by atoms with Crippen molar-refractivity contribution in [3.8, 4) is 0 Å². The second-order valence-corrected chi connectivity index (χ2v) is 3.07. The molecule has 0 nitrogen and oxygen atoms in total. The highest BCUT2D eigenvalue weighted by Crippen LogP contribution is 2.07. The van der Waals surface area contributed by atoms with Gasteiger partial charge in [-0.1, -0.05) is 34.9 Å². The van der Waals surface area contributed by atoms with Crippen LogP contribution in [0.5, 0.6) is 0 Å². The van der Waals surface area contributed by atoms with E-state index in [2.05, 4.69) is 45.9 Å². The van der Waals surface area contributed by atoms with Crippen molar-refractivity contribution in [3.63, 3.8) is 0 Å². The van der Waals surface area contributed by atoms with Crippen LogP contribution in [0.25, 0.3) is 0 Å². The van der Waals surface area contributed by atoms with Crippen LogP contribution < -0.4 is 0 Å². The zero-order chi connectivity index (χ0) is 8.85. The predicted octanol–water partition coefficient (Wildman–Crippen LogP) is 3.87. The number of hydrogen-bond donors (Lipinski definition) is 0. The van der Waals surface area contributed by atoms with E-state index in [0.29, 0.717) is 0 Å². The molecule has 0 aromatic heterocycles. The normalized spacial score (nSPS) is 12.3. The zero-order valence-corrected chi connectivity index (χ0v) is 8.23. The van der Waals surface area contributed by atoms with E-state index in [-0.39, 0.29) is 0 Å². The van der Waals surface area contributed by atoms with Crippen LogP contribution in [-0.4, -0.2) is 0 Å². The fraction of sp³-hybridized carbons (Fsp3) is 0.455. The molecule has 0 aliphatic rings. The van der Waals surface area contributed by atoms with Crippen LogP contribution in [0.2, 0.25) is 0 Å². The van der Waals surface area contributed by atoms with Crippen LogP contribution in [0.15, 0.2) is 34.9 Å².